The number of aryl methyl sites for hydroxylation is 1. The number of nitrogens with two attached hydrogens (primary N) is 1. The van der Waals surface area contributed by atoms with E-state index in [1.165, 1.54) is 6.07 Å². The maximum absolute atomic E-state index is 14.3. The fraction of sp³-hybridized carbons (Fsp3) is 0.188. The second-order valence-corrected chi connectivity index (χ2v) is 5.87. The zero-order valence-corrected chi connectivity index (χ0v) is 13.2. The first-order valence-electron chi connectivity index (χ1n) is 6.82. The number of imidazole rings is 1. The number of hydrogen-bond acceptors (Lipinski definition) is 2. The molecule has 0 fully saturated rings. The number of fused-ring (bicyclic) bond motifs is 1. The van der Waals surface area contributed by atoms with Gasteiger partial charge in [0.05, 0.1) is 16.7 Å². The van der Waals surface area contributed by atoms with E-state index in [0.717, 1.165) is 34.2 Å². The highest BCUT2D eigenvalue weighted by Gasteiger charge is 2.15. The number of benzene rings is 2. The van der Waals surface area contributed by atoms with Crippen LogP contribution in [0.25, 0.3) is 16.7 Å². The summed E-state index contributed by atoms with van der Waals surface area (Å²) in [5, 5.41) is 0. The van der Waals surface area contributed by atoms with Crippen molar-refractivity contribution in [2.24, 2.45) is 0 Å². The van der Waals surface area contributed by atoms with Crippen LogP contribution in [0.3, 0.4) is 0 Å². The molecule has 1 aromatic heterocycles. The smallest absolute Gasteiger partial charge is 0.147 e. The highest BCUT2D eigenvalue weighted by Crippen LogP contribution is 2.27. The summed E-state index contributed by atoms with van der Waals surface area (Å²) < 4.78 is 17.0. The van der Waals surface area contributed by atoms with Crippen LogP contribution >= 0.6 is 15.9 Å². The Kier molecular flexibility index (Phi) is 3.68. The largest absolute Gasteiger partial charge is 0.399 e. The Morgan fingerprint density at radius 2 is 2.05 bits per heavy atom. The Labute approximate surface area is 130 Å². The Hall–Kier alpha value is -1.88. The molecule has 0 atom stereocenters. The van der Waals surface area contributed by atoms with Gasteiger partial charge in [-0.1, -0.05) is 22.9 Å². The van der Waals surface area contributed by atoms with E-state index in [4.69, 9.17) is 5.73 Å². The molecule has 0 unspecified atom stereocenters. The van der Waals surface area contributed by atoms with Gasteiger partial charge < -0.3 is 5.73 Å². The van der Waals surface area contributed by atoms with Crippen molar-refractivity contribution in [1.29, 1.82) is 0 Å². The Bertz CT molecular complexity index is 811. The molecule has 0 aliphatic heterocycles. The van der Waals surface area contributed by atoms with Crippen LogP contribution in [0.4, 0.5) is 10.1 Å². The molecule has 1 heterocycles. The normalized spacial score (nSPS) is 11.2. The fourth-order valence-electron chi connectivity index (χ4n) is 2.46. The Morgan fingerprint density at radius 3 is 2.81 bits per heavy atom. The minimum Gasteiger partial charge on any atom is -0.399 e. The van der Waals surface area contributed by atoms with Gasteiger partial charge in [0.2, 0.25) is 0 Å². The third-order valence-corrected chi connectivity index (χ3v) is 3.86. The van der Waals surface area contributed by atoms with Crippen LogP contribution in [0.1, 0.15) is 19.2 Å². The van der Waals surface area contributed by atoms with Crippen LogP contribution < -0.4 is 5.73 Å². The molecule has 0 amide bonds. The summed E-state index contributed by atoms with van der Waals surface area (Å²) in [6, 6.07) is 10.4. The molecule has 0 aliphatic carbocycles. The standard InChI is InChI=1S/C16H15BrFN3/c1-2-3-16-20-13-9-11(19)5-7-14(13)21(16)15-8-10(17)4-6-12(15)18/h4-9H,2-3,19H2,1H3. The molecule has 3 nitrogen and oxygen atoms in total. The van der Waals surface area contributed by atoms with Gasteiger partial charge in [-0.15, -0.1) is 0 Å². The van der Waals surface area contributed by atoms with Gasteiger partial charge in [0.15, 0.2) is 0 Å². The predicted molar refractivity (Wildman–Crippen MR) is 87.1 cm³/mol. The number of nitrogen functional groups attached to an aromatic ring is 1. The number of aromatic nitrogens is 2. The van der Waals surface area contributed by atoms with Gasteiger partial charge >= 0.3 is 0 Å². The van der Waals surface area contributed by atoms with Crippen molar-refractivity contribution in [3.8, 4) is 5.69 Å². The highest BCUT2D eigenvalue weighted by molar-refractivity contribution is 9.10. The first kappa shape index (κ1) is 14.1. The highest BCUT2D eigenvalue weighted by atomic mass is 79.9. The van der Waals surface area contributed by atoms with Crippen LogP contribution in [0.15, 0.2) is 40.9 Å². The van der Waals surface area contributed by atoms with Crippen molar-refractivity contribution in [3.05, 3.63) is 52.5 Å². The zero-order valence-electron chi connectivity index (χ0n) is 11.6. The van der Waals surface area contributed by atoms with Gasteiger partial charge in [-0.3, -0.25) is 4.57 Å². The van der Waals surface area contributed by atoms with Crippen molar-refractivity contribution < 1.29 is 4.39 Å². The number of hydrogen-bond donors (Lipinski definition) is 1. The van der Waals surface area contributed by atoms with Gasteiger partial charge in [-0.25, -0.2) is 9.37 Å². The van der Waals surface area contributed by atoms with E-state index in [-0.39, 0.29) is 5.82 Å². The molecular weight excluding hydrogens is 333 g/mol. The summed E-state index contributed by atoms with van der Waals surface area (Å²) in [4.78, 5) is 4.61. The second-order valence-electron chi connectivity index (χ2n) is 4.96. The lowest BCUT2D eigenvalue weighted by atomic mass is 10.2. The van der Waals surface area contributed by atoms with Gasteiger partial charge in [0.25, 0.3) is 0 Å². The molecule has 0 saturated heterocycles. The molecular formula is C16H15BrFN3. The quantitative estimate of drug-likeness (QED) is 0.710. The van der Waals surface area contributed by atoms with Crippen molar-refractivity contribution >= 4 is 32.7 Å². The van der Waals surface area contributed by atoms with Gasteiger partial charge in [0, 0.05) is 16.6 Å². The molecule has 21 heavy (non-hydrogen) atoms. The van der Waals surface area contributed by atoms with E-state index in [0.29, 0.717) is 11.4 Å². The summed E-state index contributed by atoms with van der Waals surface area (Å²) >= 11 is 3.40. The Morgan fingerprint density at radius 1 is 1.24 bits per heavy atom. The average Bonchev–Trinajstić information content (AvgIpc) is 2.79. The second kappa shape index (κ2) is 5.48. The zero-order chi connectivity index (χ0) is 15.0. The summed E-state index contributed by atoms with van der Waals surface area (Å²) in [6.07, 6.45) is 1.72. The molecule has 0 saturated carbocycles. The number of rotatable bonds is 3. The summed E-state index contributed by atoms with van der Waals surface area (Å²) in [6.45, 7) is 2.08. The predicted octanol–water partition coefficient (Wildman–Crippen LogP) is 4.46. The van der Waals surface area contributed by atoms with Crippen molar-refractivity contribution in [1.82, 2.24) is 9.55 Å². The molecule has 0 aliphatic rings. The van der Waals surface area contributed by atoms with Crippen molar-refractivity contribution in [2.45, 2.75) is 19.8 Å². The average molecular weight is 348 g/mol. The van der Waals surface area contributed by atoms with Crippen LogP contribution in [0, 0.1) is 5.82 Å². The van der Waals surface area contributed by atoms with E-state index in [1.807, 2.05) is 22.8 Å². The van der Waals surface area contributed by atoms with Gasteiger partial charge in [-0.2, -0.15) is 0 Å². The SMILES string of the molecule is CCCc1nc2cc(N)ccc2n1-c1cc(Br)ccc1F. The van der Waals surface area contributed by atoms with E-state index in [9.17, 15) is 4.39 Å². The topological polar surface area (TPSA) is 43.8 Å². The molecule has 2 aromatic carbocycles. The molecule has 2 N–H and O–H groups in total. The monoisotopic (exact) mass is 347 g/mol. The first-order valence-corrected chi connectivity index (χ1v) is 7.61. The third-order valence-electron chi connectivity index (χ3n) is 3.37. The van der Waals surface area contributed by atoms with Crippen LogP contribution in [-0.4, -0.2) is 9.55 Å². The minimum absolute atomic E-state index is 0.272. The van der Waals surface area contributed by atoms with E-state index in [2.05, 4.69) is 27.8 Å². The first-order chi connectivity index (χ1) is 10.1. The van der Waals surface area contributed by atoms with E-state index < -0.39 is 0 Å². The van der Waals surface area contributed by atoms with Crippen molar-refractivity contribution in [2.75, 3.05) is 5.73 Å². The lowest BCUT2D eigenvalue weighted by molar-refractivity contribution is 0.615. The van der Waals surface area contributed by atoms with E-state index >= 15 is 0 Å². The maximum Gasteiger partial charge on any atom is 0.147 e. The number of halogens is 2. The van der Waals surface area contributed by atoms with Gasteiger partial charge in [0.1, 0.15) is 11.6 Å². The van der Waals surface area contributed by atoms with Crippen LogP contribution in [0.5, 0.6) is 0 Å². The summed E-state index contributed by atoms with van der Waals surface area (Å²) in [7, 11) is 0. The third kappa shape index (κ3) is 2.53. The molecule has 108 valence electrons. The Balaban J connectivity index is 2.33. The van der Waals surface area contributed by atoms with Crippen LogP contribution in [0.2, 0.25) is 0 Å². The number of anilines is 1. The summed E-state index contributed by atoms with van der Waals surface area (Å²) in [5.41, 5.74) is 8.63. The molecule has 0 bridgehead atoms. The molecule has 0 spiro atoms. The minimum atomic E-state index is -0.272. The molecule has 3 aromatic rings. The lowest BCUT2D eigenvalue weighted by Gasteiger charge is -2.10. The van der Waals surface area contributed by atoms with Crippen LogP contribution in [-0.2, 0) is 6.42 Å². The number of nitrogens with zero attached hydrogens (tertiary/aromatic N) is 2. The fourth-order valence-corrected chi connectivity index (χ4v) is 2.81. The molecule has 3 rings (SSSR count). The summed E-state index contributed by atoms with van der Waals surface area (Å²) in [5.74, 6) is 0.571. The van der Waals surface area contributed by atoms with Gasteiger partial charge in [-0.05, 0) is 42.8 Å². The van der Waals surface area contributed by atoms with Crippen molar-refractivity contribution in [3.63, 3.8) is 0 Å². The molecule has 5 heteroatoms. The van der Waals surface area contributed by atoms with E-state index in [1.54, 1.807) is 12.1 Å². The maximum atomic E-state index is 14.3. The molecule has 0 radical (unpaired) electrons. The lowest BCUT2D eigenvalue weighted by Crippen LogP contribution is -2.03.